The first-order valence-electron chi connectivity index (χ1n) is 4.37. The molecule has 0 aromatic carbocycles. The number of alkyl halides is 5. The Labute approximate surface area is 87.4 Å². The lowest BCUT2D eigenvalue weighted by molar-refractivity contribution is -0.292. The van der Waals surface area contributed by atoms with Gasteiger partial charge in [0.1, 0.15) is 0 Å². The predicted molar refractivity (Wildman–Crippen MR) is 42.6 cm³/mol. The van der Waals surface area contributed by atoms with E-state index in [9.17, 15) is 22.0 Å². The molecule has 0 fully saturated rings. The second-order valence-corrected chi connectivity index (χ2v) is 3.63. The van der Waals surface area contributed by atoms with Crippen LogP contribution in [0, 0.1) is 5.92 Å². The van der Waals surface area contributed by atoms with Gasteiger partial charge in [-0.05, 0) is 11.1 Å². The van der Waals surface area contributed by atoms with Crippen LogP contribution < -0.4 is 0 Å². The van der Waals surface area contributed by atoms with Crippen molar-refractivity contribution in [3.8, 4) is 0 Å². The molecule has 92 valence electrons. The summed E-state index contributed by atoms with van der Waals surface area (Å²) in [4.78, 5) is 0.722. The SMILES string of the molecule is CC(C)Cn1nnc(C(F)(F)C(F)(F)F)n1. The number of tetrazole rings is 1. The highest BCUT2D eigenvalue weighted by molar-refractivity contribution is 4.95. The van der Waals surface area contributed by atoms with Gasteiger partial charge < -0.3 is 0 Å². The highest BCUT2D eigenvalue weighted by atomic mass is 19.4. The zero-order valence-corrected chi connectivity index (χ0v) is 8.46. The van der Waals surface area contributed by atoms with E-state index in [1.807, 2.05) is 0 Å². The maximum absolute atomic E-state index is 12.7. The molecule has 0 aliphatic rings. The summed E-state index contributed by atoms with van der Waals surface area (Å²) in [6, 6.07) is 0. The van der Waals surface area contributed by atoms with E-state index in [2.05, 4.69) is 15.4 Å². The van der Waals surface area contributed by atoms with Gasteiger partial charge in [-0.25, -0.2) is 0 Å². The Hall–Kier alpha value is -1.28. The van der Waals surface area contributed by atoms with Crippen molar-refractivity contribution in [3.05, 3.63) is 5.82 Å². The summed E-state index contributed by atoms with van der Waals surface area (Å²) in [7, 11) is 0. The Morgan fingerprint density at radius 1 is 1.19 bits per heavy atom. The molecule has 0 amide bonds. The van der Waals surface area contributed by atoms with Crippen LogP contribution in [0.25, 0.3) is 0 Å². The van der Waals surface area contributed by atoms with Crippen LogP contribution in [-0.2, 0) is 12.5 Å². The first-order chi connectivity index (χ1) is 7.14. The van der Waals surface area contributed by atoms with E-state index in [0.717, 1.165) is 4.80 Å². The van der Waals surface area contributed by atoms with E-state index in [1.54, 1.807) is 13.8 Å². The van der Waals surface area contributed by atoms with E-state index in [0.29, 0.717) is 0 Å². The molecule has 0 N–H and O–H groups in total. The van der Waals surface area contributed by atoms with Crippen LogP contribution in [0.4, 0.5) is 22.0 Å². The topological polar surface area (TPSA) is 43.6 Å². The molecule has 1 aromatic rings. The monoisotopic (exact) mass is 244 g/mol. The summed E-state index contributed by atoms with van der Waals surface area (Å²) in [5.41, 5.74) is 0. The van der Waals surface area contributed by atoms with Gasteiger partial charge in [0.2, 0.25) is 0 Å². The number of nitrogens with zero attached hydrogens (tertiary/aromatic N) is 4. The third-order valence-corrected chi connectivity index (χ3v) is 1.62. The molecular weight excluding hydrogens is 235 g/mol. The van der Waals surface area contributed by atoms with E-state index in [4.69, 9.17) is 0 Å². The van der Waals surface area contributed by atoms with Gasteiger partial charge >= 0.3 is 12.1 Å². The highest BCUT2D eigenvalue weighted by Gasteiger charge is 2.62. The van der Waals surface area contributed by atoms with Gasteiger partial charge in [-0.1, -0.05) is 13.8 Å². The Bertz CT molecular complexity index is 356. The van der Waals surface area contributed by atoms with Gasteiger partial charge in [-0.3, -0.25) is 0 Å². The molecule has 0 saturated carbocycles. The Kier molecular flexibility index (Phi) is 3.15. The van der Waals surface area contributed by atoms with Gasteiger partial charge in [-0.15, -0.1) is 10.2 Å². The molecule has 0 atom stereocenters. The van der Waals surface area contributed by atoms with Crippen molar-refractivity contribution in [1.82, 2.24) is 20.2 Å². The molecule has 16 heavy (non-hydrogen) atoms. The fourth-order valence-corrected chi connectivity index (χ4v) is 0.900. The van der Waals surface area contributed by atoms with Gasteiger partial charge in [0.15, 0.2) is 0 Å². The molecule has 0 unspecified atom stereocenters. The lowest BCUT2D eigenvalue weighted by atomic mass is 10.2. The summed E-state index contributed by atoms with van der Waals surface area (Å²) in [6.07, 6.45) is -5.71. The molecule has 0 spiro atoms. The minimum Gasteiger partial charge on any atom is -0.187 e. The number of hydrogen-bond donors (Lipinski definition) is 0. The molecular formula is C7H9F5N4. The van der Waals surface area contributed by atoms with Crippen LogP contribution in [0.3, 0.4) is 0 Å². The molecule has 4 nitrogen and oxygen atoms in total. The van der Waals surface area contributed by atoms with Gasteiger partial charge in [0.05, 0.1) is 6.54 Å². The van der Waals surface area contributed by atoms with Crippen LogP contribution in [-0.4, -0.2) is 26.4 Å². The molecule has 0 bridgehead atoms. The standard InChI is InChI=1S/C7H9F5N4/c1-4(2)3-16-14-5(13-15-16)6(8,9)7(10,11)12/h4H,3H2,1-2H3. The Morgan fingerprint density at radius 2 is 1.75 bits per heavy atom. The van der Waals surface area contributed by atoms with Gasteiger partial charge in [-0.2, -0.15) is 26.7 Å². The van der Waals surface area contributed by atoms with Crippen LogP contribution in [0.15, 0.2) is 0 Å². The summed E-state index contributed by atoms with van der Waals surface area (Å²) in [5, 5.41) is 8.86. The lowest BCUT2D eigenvalue weighted by Gasteiger charge is -2.15. The van der Waals surface area contributed by atoms with Crippen molar-refractivity contribution in [1.29, 1.82) is 0 Å². The summed E-state index contributed by atoms with van der Waals surface area (Å²) in [6.45, 7) is 3.61. The van der Waals surface area contributed by atoms with Crippen LogP contribution in [0.2, 0.25) is 0 Å². The smallest absolute Gasteiger partial charge is 0.187 e. The average Bonchev–Trinajstić information content (AvgIpc) is 2.49. The summed E-state index contributed by atoms with van der Waals surface area (Å²) < 4.78 is 61.2. The zero-order chi connectivity index (χ0) is 12.6. The number of halogens is 5. The molecule has 1 rings (SSSR count). The van der Waals surface area contributed by atoms with Crippen molar-refractivity contribution >= 4 is 0 Å². The van der Waals surface area contributed by atoms with E-state index in [1.165, 1.54) is 0 Å². The Morgan fingerprint density at radius 3 is 2.19 bits per heavy atom. The quantitative estimate of drug-likeness (QED) is 0.763. The zero-order valence-electron chi connectivity index (χ0n) is 8.46. The third kappa shape index (κ3) is 2.45. The largest absolute Gasteiger partial charge is 0.461 e. The summed E-state index contributed by atoms with van der Waals surface area (Å²) in [5.74, 6) is -6.68. The van der Waals surface area contributed by atoms with Crippen molar-refractivity contribution in [2.45, 2.75) is 32.5 Å². The second kappa shape index (κ2) is 3.95. The van der Waals surface area contributed by atoms with Crippen LogP contribution >= 0.6 is 0 Å². The number of aromatic nitrogens is 4. The predicted octanol–water partition coefficient (Wildman–Crippen LogP) is 1.98. The van der Waals surface area contributed by atoms with Crippen molar-refractivity contribution in [2.75, 3.05) is 0 Å². The number of rotatable bonds is 3. The van der Waals surface area contributed by atoms with Gasteiger partial charge in [0, 0.05) is 0 Å². The second-order valence-electron chi connectivity index (χ2n) is 3.63. The Balaban J connectivity index is 2.93. The molecule has 0 saturated heterocycles. The van der Waals surface area contributed by atoms with Crippen molar-refractivity contribution < 1.29 is 22.0 Å². The molecule has 0 aliphatic carbocycles. The van der Waals surface area contributed by atoms with E-state index < -0.39 is 17.9 Å². The fraction of sp³-hybridized carbons (Fsp3) is 0.857. The first kappa shape index (κ1) is 12.8. The normalized spacial score (nSPS) is 13.5. The van der Waals surface area contributed by atoms with Gasteiger partial charge in [0.25, 0.3) is 5.82 Å². The minimum atomic E-state index is -5.71. The minimum absolute atomic E-state index is 0.0153. The lowest BCUT2D eigenvalue weighted by Crippen LogP contribution is -2.35. The van der Waals surface area contributed by atoms with Crippen LogP contribution in [0.5, 0.6) is 0 Å². The maximum Gasteiger partial charge on any atom is 0.461 e. The molecule has 1 heterocycles. The average molecular weight is 244 g/mol. The first-order valence-corrected chi connectivity index (χ1v) is 4.37. The number of hydrogen-bond acceptors (Lipinski definition) is 3. The molecule has 0 aliphatic heterocycles. The van der Waals surface area contributed by atoms with Crippen molar-refractivity contribution in [3.63, 3.8) is 0 Å². The molecule has 9 heteroatoms. The molecule has 0 radical (unpaired) electrons. The van der Waals surface area contributed by atoms with Crippen molar-refractivity contribution in [2.24, 2.45) is 5.92 Å². The summed E-state index contributed by atoms with van der Waals surface area (Å²) >= 11 is 0. The third-order valence-electron chi connectivity index (χ3n) is 1.62. The highest BCUT2D eigenvalue weighted by Crippen LogP contribution is 2.41. The maximum atomic E-state index is 12.7. The molecule has 1 aromatic heterocycles. The van der Waals surface area contributed by atoms with E-state index in [-0.39, 0.29) is 12.5 Å². The van der Waals surface area contributed by atoms with E-state index >= 15 is 0 Å². The fourth-order valence-electron chi connectivity index (χ4n) is 0.900. The van der Waals surface area contributed by atoms with Crippen LogP contribution in [0.1, 0.15) is 19.7 Å².